The minimum absolute atomic E-state index is 0.0201. The standard InChI is InChI=1S/C24H30N4O4/c1-17-20(23(31)26-24(25-17)28-13-15-32-16-14-28)7-8-21(29)27-11-9-19(10-12-27)22(30)18-5-3-2-4-6-18/h2-6,19H,7-16H2,1H3,(H,25,26,31). The zero-order valence-corrected chi connectivity index (χ0v) is 18.5. The van der Waals surface area contributed by atoms with Crippen LogP contribution in [0.5, 0.6) is 0 Å². The van der Waals surface area contributed by atoms with Crippen molar-refractivity contribution >= 4 is 17.6 Å². The van der Waals surface area contributed by atoms with Crippen LogP contribution >= 0.6 is 0 Å². The van der Waals surface area contributed by atoms with E-state index in [9.17, 15) is 14.4 Å². The van der Waals surface area contributed by atoms with Gasteiger partial charge in [0.1, 0.15) is 0 Å². The first-order valence-electron chi connectivity index (χ1n) is 11.3. The average Bonchev–Trinajstić information content (AvgIpc) is 2.84. The zero-order valence-electron chi connectivity index (χ0n) is 18.5. The van der Waals surface area contributed by atoms with E-state index in [1.54, 1.807) is 0 Å². The number of Topliss-reactive ketones (excluding diaryl/α,β-unsaturated/α-hetero) is 1. The molecule has 8 nitrogen and oxygen atoms in total. The van der Waals surface area contributed by atoms with Gasteiger partial charge in [-0.3, -0.25) is 19.4 Å². The highest BCUT2D eigenvalue weighted by molar-refractivity contribution is 5.98. The molecule has 0 aliphatic carbocycles. The molecule has 0 bridgehead atoms. The number of amides is 1. The molecule has 1 amide bonds. The molecule has 1 N–H and O–H groups in total. The maximum Gasteiger partial charge on any atom is 0.255 e. The molecular formula is C24H30N4O4. The number of ketones is 1. The van der Waals surface area contributed by atoms with Gasteiger partial charge in [0, 0.05) is 55.3 Å². The van der Waals surface area contributed by atoms with Gasteiger partial charge in [-0.25, -0.2) is 4.98 Å². The maximum atomic E-state index is 12.7. The molecule has 2 aromatic rings. The summed E-state index contributed by atoms with van der Waals surface area (Å²) in [4.78, 5) is 49.3. The fraction of sp³-hybridized carbons (Fsp3) is 0.500. The second-order valence-electron chi connectivity index (χ2n) is 8.44. The van der Waals surface area contributed by atoms with Gasteiger partial charge in [-0.15, -0.1) is 0 Å². The van der Waals surface area contributed by atoms with Gasteiger partial charge in [-0.1, -0.05) is 30.3 Å². The van der Waals surface area contributed by atoms with Crippen molar-refractivity contribution < 1.29 is 14.3 Å². The van der Waals surface area contributed by atoms with E-state index in [1.807, 2.05) is 47.1 Å². The van der Waals surface area contributed by atoms with Gasteiger partial charge in [-0.05, 0) is 26.2 Å². The Hall–Kier alpha value is -3.00. The number of ether oxygens (including phenoxy) is 1. The van der Waals surface area contributed by atoms with Crippen LogP contribution in [-0.4, -0.2) is 66.0 Å². The van der Waals surface area contributed by atoms with Crippen LogP contribution in [0.15, 0.2) is 35.1 Å². The quantitative estimate of drug-likeness (QED) is 0.693. The number of anilines is 1. The number of aromatic amines is 1. The Labute approximate surface area is 187 Å². The lowest BCUT2D eigenvalue weighted by molar-refractivity contribution is -0.132. The molecule has 3 heterocycles. The second-order valence-corrected chi connectivity index (χ2v) is 8.44. The van der Waals surface area contributed by atoms with E-state index in [2.05, 4.69) is 9.97 Å². The molecule has 4 rings (SSSR count). The summed E-state index contributed by atoms with van der Waals surface area (Å²) in [6, 6.07) is 9.34. The number of hydrogen-bond acceptors (Lipinski definition) is 6. The summed E-state index contributed by atoms with van der Waals surface area (Å²) in [6.07, 6.45) is 1.98. The number of nitrogens with zero attached hydrogens (tertiary/aromatic N) is 3. The molecule has 0 unspecified atom stereocenters. The molecule has 0 radical (unpaired) electrons. The van der Waals surface area contributed by atoms with Crippen molar-refractivity contribution in [3.05, 3.63) is 57.5 Å². The molecule has 0 saturated carbocycles. The van der Waals surface area contributed by atoms with E-state index in [4.69, 9.17) is 4.74 Å². The lowest BCUT2D eigenvalue weighted by Gasteiger charge is -2.31. The zero-order chi connectivity index (χ0) is 22.5. The van der Waals surface area contributed by atoms with Crippen molar-refractivity contribution in [2.45, 2.75) is 32.6 Å². The number of benzene rings is 1. The first-order valence-corrected chi connectivity index (χ1v) is 11.3. The minimum atomic E-state index is -0.182. The Kier molecular flexibility index (Phi) is 6.99. The fourth-order valence-electron chi connectivity index (χ4n) is 4.43. The number of morpholine rings is 1. The summed E-state index contributed by atoms with van der Waals surface area (Å²) in [5.74, 6) is 0.706. The molecule has 2 aliphatic heterocycles. The largest absolute Gasteiger partial charge is 0.378 e. The van der Waals surface area contributed by atoms with Crippen molar-refractivity contribution in [2.24, 2.45) is 5.92 Å². The van der Waals surface area contributed by atoms with Crippen molar-refractivity contribution in [3.8, 4) is 0 Å². The lowest BCUT2D eigenvalue weighted by Crippen LogP contribution is -2.40. The number of hydrogen-bond donors (Lipinski definition) is 1. The van der Waals surface area contributed by atoms with Crippen LogP contribution in [0, 0.1) is 12.8 Å². The summed E-state index contributed by atoms with van der Waals surface area (Å²) in [5, 5.41) is 0. The number of H-pyrrole nitrogens is 1. The van der Waals surface area contributed by atoms with Crippen LogP contribution in [0.2, 0.25) is 0 Å². The first-order chi connectivity index (χ1) is 15.5. The minimum Gasteiger partial charge on any atom is -0.378 e. The summed E-state index contributed by atoms with van der Waals surface area (Å²) >= 11 is 0. The van der Waals surface area contributed by atoms with E-state index in [1.165, 1.54) is 0 Å². The van der Waals surface area contributed by atoms with Crippen molar-refractivity contribution in [1.29, 1.82) is 0 Å². The Balaban J connectivity index is 1.30. The molecule has 1 aromatic heterocycles. The van der Waals surface area contributed by atoms with E-state index in [0.717, 1.165) is 5.56 Å². The molecule has 1 aromatic carbocycles. The van der Waals surface area contributed by atoms with Gasteiger partial charge < -0.3 is 14.5 Å². The number of nitrogens with one attached hydrogen (secondary N) is 1. The van der Waals surface area contributed by atoms with Crippen LogP contribution < -0.4 is 10.5 Å². The molecular weight excluding hydrogens is 408 g/mol. The fourth-order valence-corrected chi connectivity index (χ4v) is 4.43. The summed E-state index contributed by atoms with van der Waals surface area (Å²) in [7, 11) is 0. The Morgan fingerprint density at radius 1 is 1.09 bits per heavy atom. The number of aromatic nitrogens is 2. The van der Waals surface area contributed by atoms with Crippen LogP contribution in [-0.2, 0) is 16.0 Å². The van der Waals surface area contributed by atoms with Crippen LogP contribution in [0.25, 0.3) is 0 Å². The van der Waals surface area contributed by atoms with Crippen LogP contribution in [0.1, 0.15) is 40.9 Å². The molecule has 2 fully saturated rings. The number of likely N-dealkylation sites (tertiary alicyclic amines) is 1. The van der Waals surface area contributed by atoms with E-state index in [-0.39, 0.29) is 29.6 Å². The number of piperidine rings is 1. The molecule has 8 heteroatoms. The van der Waals surface area contributed by atoms with Crippen LogP contribution in [0.3, 0.4) is 0 Å². The smallest absolute Gasteiger partial charge is 0.255 e. The Morgan fingerprint density at radius 3 is 2.44 bits per heavy atom. The van der Waals surface area contributed by atoms with Gasteiger partial charge in [-0.2, -0.15) is 0 Å². The predicted molar refractivity (Wildman–Crippen MR) is 121 cm³/mol. The first kappa shape index (κ1) is 22.2. The van der Waals surface area contributed by atoms with E-state index >= 15 is 0 Å². The topological polar surface area (TPSA) is 95.6 Å². The molecule has 2 aliphatic rings. The van der Waals surface area contributed by atoms with E-state index in [0.29, 0.717) is 75.9 Å². The van der Waals surface area contributed by atoms with E-state index < -0.39 is 0 Å². The highest BCUT2D eigenvalue weighted by Gasteiger charge is 2.28. The molecule has 0 spiro atoms. The highest BCUT2D eigenvalue weighted by atomic mass is 16.5. The third-order valence-corrected chi connectivity index (χ3v) is 6.39. The van der Waals surface area contributed by atoms with Crippen molar-refractivity contribution in [3.63, 3.8) is 0 Å². The van der Waals surface area contributed by atoms with Gasteiger partial charge in [0.2, 0.25) is 11.9 Å². The third-order valence-electron chi connectivity index (χ3n) is 6.39. The van der Waals surface area contributed by atoms with Gasteiger partial charge in [0.15, 0.2) is 5.78 Å². The Bertz CT molecular complexity index is 1010. The molecule has 32 heavy (non-hydrogen) atoms. The predicted octanol–water partition coefficient (Wildman–Crippen LogP) is 1.97. The summed E-state index contributed by atoms with van der Waals surface area (Å²) < 4.78 is 5.35. The Morgan fingerprint density at radius 2 is 1.78 bits per heavy atom. The summed E-state index contributed by atoms with van der Waals surface area (Å²) in [6.45, 7) is 5.60. The molecule has 170 valence electrons. The summed E-state index contributed by atoms with van der Waals surface area (Å²) in [5.41, 5.74) is 1.78. The van der Waals surface area contributed by atoms with Crippen molar-refractivity contribution in [2.75, 3.05) is 44.3 Å². The van der Waals surface area contributed by atoms with Crippen molar-refractivity contribution in [1.82, 2.24) is 14.9 Å². The molecule has 2 saturated heterocycles. The average molecular weight is 439 g/mol. The van der Waals surface area contributed by atoms with Gasteiger partial charge in [0.25, 0.3) is 5.56 Å². The number of carbonyl (C=O) groups excluding carboxylic acids is 2. The highest BCUT2D eigenvalue weighted by Crippen LogP contribution is 2.22. The van der Waals surface area contributed by atoms with Gasteiger partial charge in [0.05, 0.1) is 13.2 Å². The number of aryl methyl sites for hydroxylation is 1. The number of carbonyl (C=O) groups is 2. The third kappa shape index (κ3) is 5.07. The number of rotatable bonds is 6. The normalized spacial score (nSPS) is 17.4. The molecule has 0 atom stereocenters. The van der Waals surface area contributed by atoms with Gasteiger partial charge >= 0.3 is 0 Å². The second kappa shape index (κ2) is 10.1. The lowest BCUT2D eigenvalue weighted by atomic mass is 9.89. The maximum absolute atomic E-state index is 12.7. The SMILES string of the molecule is Cc1nc(N2CCOCC2)[nH]c(=O)c1CCC(=O)N1CCC(C(=O)c2ccccc2)CC1. The van der Waals surface area contributed by atoms with Crippen LogP contribution in [0.4, 0.5) is 5.95 Å². The monoisotopic (exact) mass is 438 g/mol.